The van der Waals surface area contributed by atoms with Crippen LogP contribution in [-0.4, -0.2) is 4.98 Å². The predicted octanol–water partition coefficient (Wildman–Crippen LogP) is 3.11. The fraction of sp³-hybridized carbons (Fsp3) is 0.100. The van der Waals surface area contributed by atoms with Crippen molar-refractivity contribution in [1.29, 1.82) is 0 Å². The minimum absolute atomic E-state index is 0.415. The van der Waals surface area contributed by atoms with Crippen LogP contribution in [0.15, 0.2) is 28.7 Å². The molecule has 14 heavy (non-hydrogen) atoms. The first kappa shape index (κ1) is 9.90. The fourth-order valence-electron chi connectivity index (χ4n) is 1.30. The van der Waals surface area contributed by atoms with Crippen molar-refractivity contribution < 1.29 is 0 Å². The van der Waals surface area contributed by atoms with Crippen molar-refractivity contribution in [3.63, 3.8) is 0 Å². The Morgan fingerprint density at radius 2 is 2.14 bits per heavy atom. The monoisotopic (exact) mass is 270 g/mol. The first-order valence-electron chi connectivity index (χ1n) is 4.15. The lowest BCUT2D eigenvalue weighted by Crippen LogP contribution is -1.98. The highest BCUT2D eigenvalue weighted by Crippen LogP contribution is 2.23. The van der Waals surface area contributed by atoms with Crippen LogP contribution in [-0.2, 0) is 6.54 Å². The molecule has 0 aliphatic carbocycles. The molecule has 0 saturated heterocycles. The molecule has 1 aromatic carbocycles. The van der Waals surface area contributed by atoms with Gasteiger partial charge in [-0.05, 0) is 18.2 Å². The fourth-order valence-corrected chi connectivity index (χ4v) is 1.88. The summed E-state index contributed by atoms with van der Waals surface area (Å²) < 4.78 is 0.995. The van der Waals surface area contributed by atoms with E-state index in [0.29, 0.717) is 11.7 Å². The Morgan fingerprint density at radius 3 is 2.86 bits per heavy atom. The molecule has 0 atom stereocenters. The zero-order chi connectivity index (χ0) is 10.1. The van der Waals surface area contributed by atoms with Crippen molar-refractivity contribution in [2.24, 2.45) is 5.73 Å². The van der Waals surface area contributed by atoms with Gasteiger partial charge < -0.3 is 5.73 Å². The Morgan fingerprint density at radius 1 is 1.36 bits per heavy atom. The molecule has 0 amide bonds. The highest BCUT2D eigenvalue weighted by Gasteiger charge is 2.03. The SMILES string of the molecule is NCc1cc2ccc(Br)cc2nc1Cl. The largest absolute Gasteiger partial charge is 0.326 e. The first-order valence-corrected chi connectivity index (χ1v) is 5.32. The Balaban J connectivity index is 2.73. The molecule has 0 unspecified atom stereocenters. The quantitative estimate of drug-likeness (QED) is 0.810. The Hall–Kier alpha value is -0.640. The normalized spacial score (nSPS) is 10.8. The van der Waals surface area contributed by atoms with Gasteiger partial charge in [-0.15, -0.1) is 0 Å². The molecular weight excluding hydrogens is 263 g/mol. The lowest BCUT2D eigenvalue weighted by molar-refractivity contribution is 1.06. The maximum atomic E-state index is 5.95. The van der Waals surface area contributed by atoms with Crippen molar-refractivity contribution in [1.82, 2.24) is 4.98 Å². The second-order valence-electron chi connectivity index (χ2n) is 2.98. The number of aromatic nitrogens is 1. The molecule has 2 nitrogen and oxygen atoms in total. The zero-order valence-corrected chi connectivity index (χ0v) is 9.64. The van der Waals surface area contributed by atoms with E-state index in [-0.39, 0.29) is 0 Å². The molecule has 0 radical (unpaired) electrons. The van der Waals surface area contributed by atoms with Crippen LogP contribution in [0.4, 0.5) is 0 Å². The van der Waals surface area contributed by atoms with Crippen LogP contribution in [0.2, 0.25) is 5.15 Å². The van der Waals surface area contributed by atoms with Crippen LogP contribution < -0.4 is 5.73 Å². The van der Waals surface area contributed by atoms with E-state index in [0.717, 1.165) is 20.9 Å². The van der Waals surface area contributed by atoms with Gasteiger partial charge in [-0.3, -0.25) is 0 Å². The van der Waals surface area contributed by atoms with Gasteiger partial charge in [0.1, 0.15) is 5.15 Å². The summed E-state index contributed by atoms with van der Waals surface area (Å²) in [5, 5.41) is 1.54. The first-order chi connectivity index (χ1) is 6.70. The second kappa shape index (κ2) is 3.85. The average molecular weight is 272 g/mol. The standard InChI is InChI=1S/C10H8BrClN2/c11-8-2-1-6-3-7(5-13)10(12)14-9(6)4-8/h1-4H,5,13H2. The van der Waals surface area contributed by atoms with Crippen molar-refractivity contribution in [3.8, 4) is 0 Å². The third kappa shape index (κ3) is 1.75. The molecule has 2 N–H and O–H groups in total. The molecule has 0 aliphatic heterocycles. The van der Waals surface area contributed by atoms with E-state index in [1.54, 1.807) is 0 Å². The molecule has 0 spiro atoms. The second-order valence-corrected chi connectivity index (χ2v) is 4.25. The lowest BCUT2D eigenvalue weighted by Gasteiger charge is -2.03. The average Bonchev–Trinajstić information content (AvgIpc) is 2.16. The van der Waals surface area contributed by atoms with Gasteiger partial charge in [-0.1, -0.05) is 33.6 Å². The van der Waals surface area contributed by atoms with Crippen LogP contribution >= 0.6 is 27.5 Å². The summed E-state index contributed by atoms with van der Waals surface area (Å²) in [7, 11) is 0. The van der Waals surface area contributed by atoms with Gasteiger partial charge in [-0.2, -0.15) is 0 Å². The minimum atomic E-state index is 0.415. The van der Waals surface area contributed by atoms with E-state index in [1.165, 1.54) is 0 Å². The van der Waals surface area contributed by atoms with Gasteiger partial charge in [-0.25, -0.2) is 4.98 Å². The van der Waals surface area contributed by atoms with Gasteiger partial charge in [0.15, 0.2) is 0 Å². The number of nitrogens with two attached hydrogens (primary N) is 1. The van der Waals surface area contributed by atoms with Crippen LogP contribution in [0.3, 0.4) is 0 Å². The Labute approximate surface area is 95.2 Å². The van der Waals surface area contributed by atoms with E-state index in [4.69, 9.17) is 17.3 Å². The van der Waals surface area contributed by atoms with Crippen molar-refractivity contribution in [2.75, 3.05) is 0 Å². The maximum absolute atomic E-state index is 5.95. The maximum Gasteiger partial charge on any atom is 0.134 e. The van der Waals surface area contributed by atoms with Gasteiger partial charge in [0.25, 0.3) is 0 Å². The Kier molecular flexibility index (Phi) is 2.72. The molecule has 1 heterocycles. The minimum Gasteiger partial charge on any atom is -0.326 e. The highest BCUT2D eigenvalue weighted by molar-refractivity contribution is 9.10. The number of rotatable bonds is 1. The van der Waals surface area contributed by atoms with Gasteiger partial charge in [0.05, 0.1) is 5.52 Å². The van der Waals surface area contributed by atoms with E-state index < -0.39 is 0 Å². The number of fused-ring (bicyclic) bond motifs is 1. The van der Waals surface area contributed by atoms with Crippen LogP contribution in [0.1, 0.15) is 5.56 Å². The number of pyridine rings is 1. The van der Waals surface area contributed by atoms with Crippen molar-refractivity contribution in [2.45, 2.75) is 6.54 Å². The van der Waals surface area contributed by atoms with E-state index in [1.807, 2.05) is 24.3 Å². The number of nitrogens with zero attached hydrogens (tertiary/aromatic N) is 1. The molecule has 0 fully saturated rings. The summed E-state index contributed by atoms with van der Waals surface area (Å²) in [4.78, 5) is 4.26. The zero-order valence-electron chi connectivity index (χ0n) is 7.30. The van der Waals surface area contributed by atoms with Crippen LogP contribution in [0, 0.1) is 0 Å². The molecular formula is C10H8BrClN2. The topological polar surface area (TPSA) is 38.9 Å². The van der Waals surface area contributed by atoms with E-state index >= 15 is 0 Å². The van der Waals surface area contributed by atoms with Gasteiger partial charge in [0.2, 0.25) is 0 Å². The number of hydrogen-bond donors (Lipinski definition) is 1. The summed E-state index contributed by atoms with van der Waals surface area (Å²) in [6.45, 7) is 0.415. The smallest absolute Gasteiger partial charge is 0.134 e. The number of hydrogen-bond acceptors (Lipinski definition) is 2. The summed E-state index contributed by atoms with van der Waals surface area (Å²) >= 11 is 9.33. The summed E-state index contributed by atoms with van der Waals surface area (Å²) in [6.07, 6.45) is 0. The number of halogens is 2. The Bertz CT molecular complexity index is 485. The van der Waals surface area contributed by atoms with Crippen LogP contribution in [0.5, 0.6) is 0 Å². The molecule has 1 aromatic heterocycles. The van der Waals surface area contributed by atoms with Crippen LogP contribution in [0.25, 0.3) is 10.9 Å². The molecule has 0 aliphatic rings. The molecule has 0 saturated carbocycles. The molecule has 4 heteroatoms. The van der Waals surface area contributed by atoms with Gasteiger partial charge in [0, 0.05) is 22.0 Å². The third-order valence-corrected chi connectivity index (χ3v) is 2.85. The predicted molar refractivity (Wildman–Crippen MR) is 62.3 cm³/mol. The molecule has 0 bridgehead atoms. The van der Waals surface area contributed by atoms with Crippen molar-refractivity contribution in [3.05, 3.63) is 39.5 Å². The highest BCUT2D eigenvalue weighted by atomic mass is 79.9. The summed E-state index contributed by atoms with van der Waals surface area (Å²) in [5.41, 5.74) is 7.29. The van der Waals surface area contributed by atoms with E-state index in [2.05, 4.69) is 20.9 Å². The number of benzene rings is 1. The van der Waals surface area contributed by atoms with E-state index in [9.17, 15) is 0 Å². The summed E-state index contributed by atoms with van der Waals surface area (Å²) in [6, 6.07) is 7.86. The molecule has 72 valence electrons. The third-order valence-electron chi connectivity index (χ3n) is 2.03. The summed E-state index contributed by atoms with van der Waals surface area (Å²) in [5.74, 6) is 0. The molecule has 2 rings (SSSR count). The molecule has 2 aromatic rings. The lowest BCUT2D eigenvalue weighted by atomic mass is 10.1. The van der Waals surface area contributed by atoms with Gasteiger partial charge >= 0.3 is 0 Å². The van der Waals surface area contributed by atoms with Crippen molar-refractivity contribution >= 4 is 38.4 Å².